The lowest BCUT2D eigenvalue weighted by atomic mass is 10.1. The summed E-state index contributed by atoms with van der Waals surface area (Å²) in [5, 5.41) is 8.64. The number of carbonyl (C=O) groups is 2. The first-order valence-electron chi connectivity index (χ1n) is 3.45. The van der Waals surface area contributed by atoms with Crippen LogP contribution in [0.4, 0.5) is 5.69 Å². The Morgan fingerprint density at radius 3 is 2.38 bits per heavy atom. The van der Waals surface area contributed by atoms with Gasteiger partial charge >= 0.3 is 5.97 Å². The third-order valence-corrected chi connectivity index (χ3v) is 1.57. The van der Waals surface area contributed by atoms with Gasteiger partial charge in [-0.2, -0.15) is 0 Å². The van der Waals surface area contributed by atoms with Crippen molar-refractivity contribution in [1.82, 2.24) is 0 Å². The zero-order valence-electron chi connectivity index (χ0n) is 6.65. The van der Waals surface area contributed by atoms with E-state index in [0.717, 1.165) is 6.07 Å². The maximum absolute atomic E-state index is 10.7. The summed E-state index contributed by atoms with van der Waals surface area (Å²) in [7, 11) is 0. The second-order valence-corrected chi connectivity index (χ2v) is 2.47. The van der Waals surface area contributed by atoms with Crippen LogP contribution in [-0.2, 0) is 0 Å². The molecule has 1 aromatic rings. The fourth-order valence-corrected chi connectivity index (χ4v) is 0.895. The Morgan fingerprint density at radius 2 is 1.92 bits per heavy atom. The van der Waals surface area contributed by atoms with Crippen LogP contribution in [-0.4, -0.2) is 17.0 Å². The van der Waals surface area contributed by atoms with E-state index in [-0.39, 0.29) is 16.8 Å². The van der Waals surface area contributed by atoms with E-state index in [9.17, 15) is 9.59 Å². The molecule has 13 heavy (non-hydrogen) atoms. The minimum atomic E-state index is -1.18. The van der Waals surface area contributed by atoms with Crippen LogP contribution in [0.5, 0.6) is 0 Å². The number of hydrogen-bond acceptors (Lipinski definition) is 3. The summed E-state index contributed by atoms with van der Waals surface area (Å²) in [6.45, 7) is 0. The number of rotatable bonds is 2. The van der Waals surface area contributed by atoms with Gasteiger partial charge in [-0.3, -0.25) is 4.79 Å². The minimum absolute atomic E-state index is 0.109. The van der Waals surface area contributed by atoms with E-state index in [0.29, 0.717) is 0 Å². The van der Waals surface area contributed by atoms with Crippen LogP contribution in [0.2, 0.25) is 0 Å². The van der Waals surface area contributed by atoms with Crippen molar-refractivity contribution in [2.75, 3.05) is 5.73 Å². The minimum Gasteiger partial charge on any atom is -0.478 e. The highest BCUT2D eigenvalue weighted by Gasteiger charge is 2.10. The van der Waals surface area contributed by atoms with Crippen LogP contribution in [0.15, 0.2) is 18.2 Å². The topological polar surface area (TPSA) is 106 Å². The molecule has 0 unspecified atom stereocenters. The van der Waals surface area contributed by atoms with Gasteiger partial charge in [0.15, 0.2) is 0 Å². The second kappa shape index (κ2) is 3.14. The molecule has 68 valence electrons. The molecule has 0 heterocycles. The highest BCUT2D eigenvalue weighted by molar-refractivity contribution is 5.99. The van der Waals surface area contributed by atoms with Crippen LogP contribution in [0.3, 0.4) is 0 Å². The van der Waals surface area contributed by atoms with E-state index in [1.165, 1.54) is 12.1 Å². The molecule has 5 N–H and O–H groups in total. The van der Waals surface area contributed by atoms with E-state index in [4.69, 9.17) is 16.6 Å². The highest BCUT2D eigenvalue weighted by atomic mass is 16.4. The number of anilines is 1. The largest absolute Gasteiger partial charge is 0.478 e. The molecule has 0 saturated heterocycles. The summed E-state index contributed by atoms with van der Waals surface area (Å²) in [5.41, 5.74) is 10.4. The first-order chi connectivity index (χ1) is 6.02. The summed E-state index contributed by atoms with van der Waals surface area (Å²) < 4.78 is 0. The molecule has 0 aliphatic carbocycles. The zero-order valence-corrected chi connectivity index (χ0v) is 6.65. The molecular weight excluding hydrogens is 172 g/mol. The fraction of sp³-hybridized carbons (Fsp3) is 0. The molecule has 1 amide bonds. The lowest BCUT2D eigenvalue weighted by molar-refractivity contribution is 0.0698. The number of carboxylic acids is 1. The molecule has 0 bridgehead atoms. The molecule has 0 atom stereocenters. The monoisotopic (exact) mass is 180 g/mol. The third kappa shape index (κ3) is 1.76. The molecule has 0 radical (unpaired) electrons. The molecule has 5 nitrogen and oxygen atoms in total. The lowest BCUT2D eigenvalue weighted by Gasteiger charge is -2.01. The number of aromatic carboxylic acids is 1. The van der Waals surface area contributed by atoms with Crippen molar-refractivity contribution in [3.8, 4) is 0 Å². The van der Waals surface area contributed by atoms with Gasteiger partial charge in [-0.25, -0.2) is 4.79 Å². The maximum atomic E-state index is 10.7. The van der Waals surface area contributed by atoms with Gasteiger partial charge in [-0.15, -0.1) is 0 Å². The Hall–Kier alpha value is -2.04. The van der Waals surface area contributed by atoms with Gasteiger partial charge in [-0.1, -0.05) is 0 Å². The van der Waals surface area contributed by atoms with E-state index >= 15 is 0 Å². The zero-order chi connectivity index (χ0) is 10.0. The third-order valence-electron chi connectivity index (χ3n) is 1.57. The maximum Gasteiger partial charge on any atom is 0.337 e. The quantitative estimate of drug-likeness (QED) is 0.559. The average molecular weight is 180 g/mol. The Kier molecular flexibility index (Phi) is 2.19. The molecule has 0 fully saturated rings. The fourth-order valence-electron chi connectivity index (χ4n) is 0.895. The Morgan fingerprint density at radius 1 is 1.31 bits per heavy atom. The number of nitrogens with two attached hydrogens (primary N) is 2. The van der Waals surface area contributed by atoms with Crippen molar-refractivity contribution in [2.24, 2.45) is 5.73 Å². The van der Waals surface area contributed by atoms with E-state index in [1.807, 2.05) is 0 Å². The molecule has 0 aliphatic rings. The van der Waals surface area contributed by atoms with E-state index in [1.54, 1.807) is 0 Å². The van der Waals surface area contributed by atoms with Gasteiger partial charge in [-0.05, 0) is 18.2 Å². The smallest absolute Gasteiger partial charge is 0.337 e. The summed E-state index contributed by atoms with van der Waals surface area (Å²) in [6, 6.07) is 3.87. The lowest BCUT2D eigenvalue weighted by Crippen LogP contribution is -2.13. The molecule has 0 aliphatic heterocycles. The van der Waals surface area contributed by atoms with Gasteiger partial charge in [0.05, 0.1) is 5.56 Å². The highest BCUT2D eigenvalue weighted by Crippen LogP contribution is 2.13. The number of benzene rings is 1. The molecule has 1 rings (SSSR count). The Labute approximate surface area is 74.0 Å². The van der Waals surface area contributed by atoms with Crippen molar-refractivity contribution in [3.05, 3.63) is 29.3 Å². The SMILES string of the molecule is NC(=O)c1ccc(N)c(C(=O)O)c1. The number of hydrogen-bond donors (Lipinski definition) is 3. The summed E-state index contributed by atoms with van der Waals surface area (Å²) in [5.74, 6) is -1.86. The number of amides is 1. The van der Waals surface area contributed by atoms with Crippen molar-refractivity contribution >= 4 is 17.6 Å². The van der Waals surface area contributed by atoms with Crippen LogP contribution in [0.1, 0.15) is 20.7 Å². The van der Waals surface area contributed by atoms with Gasteiger partial charge < -0.3 is 16.6 Å². The summed E-state index contributed by atoms with van der Waals surface area (Å²) in [4.78, 5) is 21.2. The van der Waals surface area contributed by atoms with E-state index in [2.05, 4.69) is 0 Å². The molecule has 0 saturated carbocycles. The molecular formula is C8H8N2O3. The first kappa shape index (κ1) is 9.05. The first-order valence-corrected chi connectivity index (χ1v) is 3.45. The Bertz CT molecular complexity index is 374. The number of nitrogen functional groups attached to an aromatic ring is 1. The molecule has 0 spiro atoms. The number of carboxylic acid groups (broad SMARTS) is 1. The number of carbonyl (C=O) groups excluding carboxylic acids is 1. The predicted octanol–water partition coefficient (Wildman–Crippen LogP) is 0.0659. The average Bonchev–Trinajstić information content (AvgIpc) is 2.04. The van der Waals surface area contributed by atoms with Crippen LogP contribution >= 0.6 is 0 Å². The van der Waals surface area contributed by atoms with Crippen molar-refractivity contribution in [3.63, 3.8) is 0 Å². The standard InChI is InChI=1S/C8H8N2O3/c9-6-2-1-4(7(10)11)3-5(6)8(12)13/h1-3H,9H2,(H2,10,11)(H,12,13). The normalized spacial score (nSPS) is 9.54. The van der Waals surface area contributed by atoms with Crippen molar-refractivity contribution in [2.45, 2.75) is 0 Å². The van der Waals surface area contributed by atoms with Gasteiger partial charge in [0.2, 0.25) is 5.91 Å². The van der Waals surface area contributed by atoms with Crippen LogP contribution in [0, 0.1) is 0 Å². The van der Waals surface area contributed by atoms with Gasteiger partial charge in [0.25, 0.3) is 0 Å². The van der Waals surface area contributed by atoms with Crippen molar-refractivity contribution < 1.29 is 14.7 Å². The summed E-state index contributed by atoms with van der Waals surface area (Å²) in [6.07, 6.45) is 0. The Balaban J connectivity index is 3.27. The predicted molar refractivity (Wildman–Crippen MR) is 46.3 cm³/mol. The van der Waals surface area contributed by atoms with Gasteiger partial charge in [0, 0.05) is 11.3 Å². The number of primary amides is 1. The van der Waals surface area contributed by atoms with Gasteiger partial charge in [0.1, 0.15) is 0 Å². The van der Waals surface area contributed by atoms with Crippen LogP contribution in [0.25, 0.3) is 0 Å². The molecule has 5 heteroatoms. The molecule has 0 aromatic heterocycles. The van der Waals surface area contributed by atoms with Crippen LogP contribution < -0.4 is 11.5 Å². The summed E-state index contributed by atoms with van der Waals surface area (Å²) >= 11 is 0. The van der Waals surface area contributed by atoms with E-state index < -0.39 is 11.9 Å². The second-order valence-electron chi connectivity index (χ2n) is 2.47. The van der Waals surface area contributed by atoms with Crippen molar-refractivity contribution in [1.29, 1.82) is 0 Å². The molecule has 1 aromatic carbocycles.